The number of nitrogens with zero attached hydrogens (tertiary/aromatic N) is 5. The minimum Gasteiger partial charge on any atom is -0.354 e. The van der Waals surface area contributed by atoms with E-state index in [1.807, 2.05) is 14.0 Å². The van der Waals surface area contributed by atoms with Crippen molar-refractivity contribution in [1.29, 1.82) is 0 Å². The Bertz CT molecular complexity index is 748. The van der Waals surface area contributed by atoms with E-state index in [2.05, 4.69) is 38.4 Å². The Labute approximate surface area is 124 Å². The summed E-state index contributed by atoms with van der Waals surface area (Å²) in [6, 6.07) is 2.12. The first-order valence-electron chi connectivity index (χ1n) is 6.21. The largest absolute Gasteiger partial charge is 0.354 e. The maximum absolute atomic E-state index is 4.59. The van der Waals surface area contributed by atoms with Gasteiger partial charge in [0.05, 0.1) is 0 Å². The molecule has 0 saturated carbocycles. The Balaban J connectivity index is 2.09. The summed E-state index contributed by atoms with van der Waals surface area (Å²) in [6.45, 7) is 4.91. The third-order valence-electron chi connectivity index (χ3n) is 2.67. The first-order valence-corrected chi connectivity index (χ1v) is 7.84. The minimum atomic E-state index is 0.659. The first-order chi connectivity index (χ1) is 9.67. The molecule has 0 aliphatic heterocycles. The lowest BCUT2D eigenvalue weighted by atomic mass is 10.4. The Morgan fingerprint density at radius 3 is 2.95 bits per heavy atom. The fourth-order valence-electron chi connectivity index (χ4n) is 1.80. The van der Waals surface area contributed by atoms with Crippen molar-refractivity contribution in [2.75, 3.05) is 11.9 Å². The van der Waals surface area contributed by atoms with Crippen LogP contribution in [0.2, 0.25) is 0 Å². The Hall–Kier alpha value is -1.67. The molecule has 1 N–H and O–H groups in total. The molecular formula is C12H14N6S2. The monoisotopic (exact) mass is 306 g/mol. The first kappa shape index (κ1) is 13.3. The minimum absolute atomic E-state index is 0.659. The molecule has 104 valence electrons. The van der Waals surface area contributed by atoms with Gasteiger partial charge in [-0.3, -0.25) is 0 Å². The number of anilines is 1. The standard InChI is InChI=1S/C12H14N6S2/c1-4-13-11-16-9-8(5-7(2)19-9)10(17-11)20-12-14-6-15-18(12)3/h5-6H,4H2,1-3H3,(H,13,16,17). The van der Waals surface area contributed by atoms with Crippen molar-refractivity contribution in [2.45, 2.75) is 24.0 Å². The van der Waals surface area contributed by atoms with Gasteiger partial charge in [0.15, 0.2) is 5.16 Å². The summed E-state index contributed by atoms with van der Waals surface area (Å²) in [7, 11) is 1.87. The van der Waals surface area contributed by atoms with Gasteiger partial charge < -0.3 is 5.32 Å². The van der Waals surface area contributed by atoms with Crippen LogP contribution in [0.15, 0.2) is 22.6 Å². The summed E-state index contributed by atoms with van der Waals surface area (Å²) >= 11 is 3.18. The highest BCUT2D eigenvalue weighted by Crippen LogP contribution is 2.34. The second kappa shape index (κ2) is 5.37. The summed E-state index contributed by atoms with van der Waals surface area (Å²) in [5.41, 5.74) is 0. The molecule has 20 heavy (non-hydrogen) atoms. The van der Waals surface area contributed by atoms with Crippen LogP contribution in [0.1, 0.15) is 11.8 Å². The highest BCUT2D eigenvalue weighted by atomic mass is 32.2. The van der Waals surface area contributed by atoms with E-state index < -0.39 is 0 Å². The van der Waals surface area contributed by atoms with Crippen LogP contribution in [0.25, 0.3) is 10.2 Å². The number of fused-ring (bicyclic) bond motifs is 1. The summed E-state index contributed by atoms with van der Waals surface area (Å²) in [4.78, 5) is 15.6. The van der Waals surface area contributed by atoms with Crippen LogP contribution in [-0.4, -0.2) is 31.3 Å². The van der Waals surface area contributed by atoms with Crippen LogP contribution in [0, 0.1) is 6.92 Å². The van der Waals surface area contributed by atoms with Crippen molar-refractivity contribution >= 4 is 39.3 Å². The van der Waals surface area contributed by atoms with Crippen LogP contribution < -0.4 is 5.32 Å². The van der Waals surface area contributed by atoms with E-state index in [-0.39, 0.29) is 0 Å². The molecule has 0 fully saturated rings. The second-order valence-electron chi connectivity index (χ2n) is 4.23. The number of hydrogen-bond acceptors (Lipinski definition) is 7. The Kier molecular flexibility index (Phi) is 3.58. The van der Waals surface area contributed by atoms with Crippen molar-refractivity contribution in [2.24, 2.45) is 7.05 Å². The average Bonchev–Trinajstić information content (AvgIpc) is 2.96. The predicted octanol–water partition coefficient (Wildman–Crippen LogP) is 2.71. The van der Waals surface area contributed by atoms with E-state index in [1.54, 1.807) is 22.3 Å². The van der Waals surface area contributed by atoms with Crippen molar-refractivity contribution in [1.82, 2.24) is 24.7 Å². The molecule has 3 aromatic rings. The van der Waals surface area contributed by atoms with E-state index in [1.165, 1.54) is 16.6 Å². The summed E-state index contributed by atoms with van der Waals surface area (Å²) in [5, 5.41) is 10.1. The fourth-order valence-corrected chi connectivity index (χ4v) is 3.59. The number of nitrogens with one attached hydrogen (secondary N) is 1. The van der Waals surface area contributed by atoms with Crippen LogP contribution in [0.4, 0.5) is 5.95 Å². The molecule has 3 aromatic heterocycles. The molecule has 8 heteroatoms. The number of aryl methyl sites for hydroxylation is 2. The quantitative estimate of drug-likeness (QED) is 0.747. The topological polar surface area (TPSA) is 68.5 Å². The predicted molar refractivity (Wildman–Crippen MR) is 81.4 cm³/mol. The third kappa shape index (κ3) is 2.48. The highest BCUT2D eigenvalue weighted by molar-refractivity contribution is 7.99. The zero-order valence-corrected chi connectivity index (χ0v) is 13.0. The molecule has 3 rings (SSSR count). The van der Waals surface area contributed by atoms with Gasteiger partial charge in [0.2, 0.25) is 5.95 Å². The average molecular weight is 306 g/mol. The highest BCUT2D eigenvalue weighted by Gasteiger charge is 2.13. The summed E-state index contributed by atoms with van der Waals surface area (Å²) < 4.78 is 1.74. The van der Waals surface area contributed by atoms with Gasteiger partial charge >= 0.3 is 0 Å². The van der Waals surface area contributed by atoms with Gasteiger partial charge in [0, 0.05) is 23.9 Å². The maximum Gasteiger partial charge on any atom is 0.225 e. The van der Waals surface area contributed by atoms with E-state index >= 15 is 0 Å². The lowest BCUT2D eigenvalue weighted by Gasteiger charge is -2.05. The van der Waals surface area contributed by atoms with E-state index in [0.29, 0.717) is 5.95 Å². The third-order valence-corrected chi connectivity index (χ3v) is 4.67. The zero-order valence-electron chi connectivity index (χ0n) is 11.4. The van der Waals surface area contributed by atoms with E-state index in [0.717, 1.165) is 26.9 Å². The molecule has 0 radical (unpaired) electrons. The van der Waals surface area contributed by atoms with Gasteiger partial charge in [-0.05, 0) is 31.7 Å². The molecule has 0 aliphatic rings. The van der Waals surface area contributed by atoms with Crippen molar-refractivity contribution < 1.29 is 0 Å². The maximum atomic E-state index is 4.59. The Morgan fingerprint density at radius 1 is 1.40 bits per heavy atom. The van der Waals surface area contributed by atoms with Crippen LogP contribution in [0.5, 0.6) is 0 Å². The lowest BCUT2D eigenvalue weighted by Crippen LogP contribution is -2.02. The summed E-state index contributed by atoms with van der Waals surface area (Å²) in [5.74, 6) is 0.659. The molecule has 0 atom stereocenters. The van der Waals surface area contributed by atoms with Gasteiger partial charge in [-0.15, -0.1) is 11.3 Å². The van der Waals surface area contributed by atoms with Crippen molar-refractivity contribution in [3.63, 3.8) is 0 Å². The van der Waals surface area contributed by atoms with Crippen LogP contribution in [-0.2, 0) is 7.05 Å². The van der Waals surface area contributed by atoms with Gasteiger partial charge in [-0.25, -0.2) is 19.6 Å². The molecular weight excluding hydrogens is 292 g/mol. The van der Waals surface area contributed by atoms with Crippen molar-refractivity contribution in [3.05, 3.63) is 17.3 Å². The lowest BCUT2D eigenvalue weighted by molar-refractivity contribution is 0.685. The molecule has 0 aromatic carbocycles. The Morgan fingerprint density at radius 2 is 2.25 bits per heavy atom. The SMILES string of the molecule is CCNc1nc(Sc2ncnn2C)c2cc(C)sc2n1. The number of thiophene rings is 1. The normalized spacial score (nSPS) is 11.2. The number of rotatable bonds is 4. The van der Waals surface area contributed by atoms with Gasteiger partial charge in [-0.2, -0.15) is 5.10 Å². The molecule has 6 nitrogen and oxygen atoms in total. The van der Waals surface area contributed by atoms with Gasteiger partial charge in [0.1, 0.15) is 16.2 Å². The van der Waals surface area contributed by atoms with Gasteiger partial charge in [0.25, 0.3) is 0 Å². The molecule has 0 saturated heterocycles. The van der Waals surface area contributed by atoms with Gasteiger partial charge in [-0.1, -0.05) is 0 Å². The fraction of sp³-hybridized carbons (Fsp3) is 0.333. The number of aromatic nitrogens is 5. The van der Waals surface area contributed by atoms with Crippen LogP contribution >= 0.6 is 23.1 Å². The molecule has 0 unspecified atom stereocenters. The van der Waals surface area contributed by atoms with E-state index in [4.69, 9.17) is 0 Å². The van der Waals surface area contributed by atoms with Crippen LogP contribution in [0.3, 0.4) is 0 Å². The second-order valence-corrected chi connectivity index (χ2v) is 6.42. The molecule has 0 aliphatic carbocycles. The molecule has 3 heterocycles. The molecule has 0 amide bonds. The zero-order chi connectivity index (χ0) is 14.1. The molecule has 0 bridgehead atoms. The van der Waals surface area contributed by atoms with E-state index in [9.17, 15) is 0 Å². The smallest absolute Gasteiger partial charge is 0.225 e. The number of hydrogen-bond donors (Lipinski definition) is 1. The molecule has 0 spiro atoms. The summed E-state index contributed by atoms with van der Waals surface area (Å²) in [6.07, 6.45) is 1.55. The van der Waals surface area contributed by atoms with Crippen molar-refractivity contribution in [3.8, 4) is 0 Å².